The van der Waals surface area contributed by atoms with E-state index in [-0.39, 0.29) is 5.76 Å². The van der Waals surface area contributed by atoms with Crippen molar-refractivity contribution >= 4 is 64.6 Å². The second-order valence-corrected chi connectivity index (χ2v) is 10.1. The number of halogens is 2. The fourth-order valence-corrected chi connectivity index (χ4v) is 4.40. The number of hydroxylamine groups is 2. The first-order chi connectivity index (χ1) is 19.4. The molecule has 0 aliphatic carbocycles. The van der Waals surface area contributed by atoms with E-state index in [1.165, 1.54) is 42.5 Å². The highest BCUT2D eigenvalue weighted by molar-refractivity contribution is 6.31. The van der Waals surface area contributed by atoms with Gasteiger partial charge in [-0.05, 0) is 68.4 Å². The molecule has 2 heterocycles. The zero-order chi connectivity index (χ0) is 29.9. The minimum atomic E-state index is -1.33. The van der Waals surface area contributed by atoms with Crippen molar-refractivity contribution in [1.29, 1.82) is 0 Å². The van der Waals surface area contributed by atoms with Crippen molar-refractivity contribution in [2.24, 2.45) is 5.10 Å². The van der Waals surface area contributed by atoms with E-state index in [0.717, 1.165) is 22.1 Å². The molecule has 0 spiro atoms. The van der Waals surface area contributed by atoms with Crippen LogP contribution in [0.5, 0.6) is 0 Å². The quantitative estimate of drug-likeness (QED) is 0.142. The van der Waals surface area contributed by atoms with Crippen LogP contribution >= 0.6 is 23.2 Å². The summed E-state index contributed by atoms with van der Waals surface area (Å²) in [6.07, 6.45) is -0.246. The summed E-state index contributed by atoms with van der Waals surface area (Å²) in [5.74, 6) is -1.20. The number of amides is 5. The van der Waals surface area contributed by atoms with E-state index >= 15 is 0 Å². The number of anilines is 2. The molecule has 214 valence electrons. The molecule has 2 aromatic carbocycles. The number of carbonyl (C=O) groups is 3. The zero-order valence-electron chi connectivity index (χ0n) is 21.5. The van der Waals surface area contributed by atoms with E-state index in [0.29, 0.717) is 26.5 Å². The van der Waals surface area contributed by atoms with Crippen LogP contribution in [-0.2, 0) is 4.79 Å². The smallest absolute Gasteiger partial charge is 0.400 e. The van der Waals surface area contributed by atoms with Crippen LogP contribution in [0.4, 0.5) is 26.8 Å². The predicted octanol–water partition coefficient (Wildman–Crippen LogP) is 4.91. The molecule has 1 aliphatic rings. The maximum atomic E-state index is 13.7. The Morgan fingerprint density at radius 1 is 1.12 bits per heavy atom. The zero-order valence-corrected chi connectivity index (χ0v) is 23.0. The van der Waals surface area contributed by atoms with Crippen molar-refractivity contribution in [2.45, 2.75) is 25.6 Å². The van der Waals surface area contributed by atoms with Gasteiger partial charge in [-0.3, -0.25) is 25.0 Å². The van der Waals surface area contributed by atoms with Crippen molar-refractivity contribution in [2.75, 3.05) is 16.8 Å². The van der Waals surface area contributed by atoms with Gasteiger partial charge in [-0.25, -0.2) is 15.0 Å². The van der Waals surface area contributed by atoms with E-state index in [1.807, 2.05) is 0 Å². The van der Waals surface area contributed by atoms with Crippen LogP contribution in [-0.4, -0.2) is 62.5 Å². The molecule has 1 saturated heterocycles. The molecule has 0 saturated carbocycles. The molecular weight excluding hydrogens is 581 g/mol. The van der Waals surface area contributed by atoms with Gasteiger partial charge in [0, 0.05) is 21.4 Å². The Kier molecular flexibility index (Phi) is 8.47. The standard InChI is InChI=1S/C25H23Cl2N7O7/c1-25(2)22(33(38)23(36)29-17-7-3-15(26)4-8-17)32(18-9-5-16(27)6-10-18)24(37)31(25)14-20(35)30-28-13-19-11-12-21(41-19)34(39)40/h3-13,22,38H,14H2,1-2H3,(H,29,36)(H,30,35). The molecule has 4 rings (SSSR count). The Balaban J connectivity index is 1.56. The lowest BCUT2D eigenvalue weighted by atomic mass is 9.99. The summed E-state index contributed by atoms with van der Waals surface area (Å²) in [5, 5.41) is 29.3. The highest BCUT2D eigenvalue weighted by Crippen LogP contribution is 2.38. The second kappa shape index (κ2) is 11.8. The lowest BCUT2D eigenvalue weighted by Crippen LogP contribution is -2.58. The predicted molar refractivity (Wildman–Crippen MR) is 149 cm³/mol. The number of nitrogens with zero attached hydrogens (tertiary/aromatic N) is 5. The molecule has 1 aliphatic heterocycles. The lowest BCUT2D eigenvalue weighted by Gasteiger charge is -2.38. The number of benzene rings is 2. The number of urea groups is 2. The summed E-state index contributed by atoms with van der Waals surface area (Å²) in [4.78, 5) is 51.8. The summed E-state index contributed by atoms with van der Waals surface area (Å²) in [5.41, 5.74) is 1.54. The maximum absolute atomic E-state index is 13.7. The van der Waals surface area contributed by atoms with Gasteiger partial charge < -0.3 is 14.6 Å². The van der Waals surface area contributed by atoms with E-state index in [2.05, 4.69) is 15.8 Å². The largest absolute Gasteiger partial charge is 0.433 e. The first-order valence-electron chi connectivity index (χ1n) is 11.9. The molecule has 14 nitrogen and oxygen atoms in total. The summed E-state index contributed by atoms with van der Waals surface area (Å²) >= 11 is 11.9. The molecule has 3 aromatic rings. The first kappa shape index (κ1) is 29.3. The number of hydrazone groups is 1. The molecular formula is C25H23Cl2N7O7. The van der Waals surface area contributed by atoms with Gasteiger partial charge in [-0.15, -0.1) is 0 Å². The monoisotopic (exact) mass is 603 g/mol. The van der Waals surface area contributed by atoms with Crippen LogP contribution in [0.25, 0.3) is 0 Å². The molecule has 1 atom stereocenters. The number of nitrogens with one attached hydrogen (secondary N) is 2. The van der Waals surface area contributed by atoms with E-state index in [9.17, 15) is 29.7 Å². The highest BCUT2D eigenvalue weighted by atomic mass is 35.5. The lowest BCUT2D eigenvalue weighted by molar-refractivity contribution is -0.402. The van der Waals surface area contributed by atoms with Crippen LogP contribution in [0.1, 0.15) is 19.6 Å². The van der Waals surface area contributed by atoms with Crippen molar-refractivity contribution < 1.29 is 28.9 Å². The van der Waals surface area contributed by atoms with E-state index in [4.69, 9.17) is 27.6 Å². The van der Waals surface area contributed by atoms with Gasteiger partial charge in [0.05, 0.1) is 17.8 Å². The van der Waals surface area contributed by atoms with Crippen LogP contribution in [0, 0.1) is 10.1 Å². The SMILES string of the molecule is CC1(C)C(N(O)C(=O)Nc2ccc(Cl)cc2)N(c2ccc(Cl)cc2)C(=O)N1CC(=O)NN=Cc1ccc([N+](=O)[O-])o1. The molecule has 1 unspecified atom stereocenters. The maximum Gasteiger partial charge on any atom is 0.433 e. The molecule has 41 heavy (non-hydrogen) atoms. The van der Waals surface area contributed by atoms with Crippen molar-refractivity contribution in [3.63, 3.8) is 0 Å². The third kappa shape index (κ3) is 6.40. The van der Waals surface area contributed by atoms with Gasteiger partial charge in [0.2, 0.25) is 0 Å². The van der Waals surface area contributed by atoms with Gasteiger partial charge in [-0.2, -0.15) is 10.2 Å². The highest BCUT2D eigenvalue weighted by Gasteiger charge is 2.56. The summed E-state index contributed by atoms with van der Waals surface area (Å²) in [7, 11) is 0. The summed E-state index contributed by atoms with van der Waals surface area (Å²) < 4.78 is 4.94. The summed E-state index contributed by atoms with van der Waals surface area (Å²) in [6.45, 7) is 2.63. The number of furan rings is 1. The number of hydrogen-bond donors (Lipinski definition) is 3. The average Bonchev–Trinajstić information content (AvgIpc) is 3.47. The number of rotatable bonds is 8. The van der Waals surface area contributed by atoms with Crippen molar-refractivity contribution in [1.82, 2.24) is 15.4 Å². The van der Waals surface area contributed by atoms with Crippen LogP contribution in [0.15, 0.2) is 70.2 Å². The van der Waals surface area contributed by atoms with Crippen molar-refractivity contribution in [3.8, 4) is 0 Å². The Morgan fingerprint density at radius 3 is 2.32 bits per heavy atom. The Labute approximate surface area is 242 Å². The minimum Gasteiger partial charge on any atom is -0.400 e. The Hall–Kier alpha value is -4.66. The summed E-state index contributed by atoms with van der Waals surface area (Å²) in [6, 6.07) is 13.1. The van der Waals surface area contributed by atoms with Crippen LogP contribution in [0.3, 0.4) is 0 Å². The fourth-order valence-electron chi connectivity index (χ4n) is 4.15. The molecule has 1 aromatic heterocycles. The van der Waals surface area contributed by atoms with Gasteiger partial charge in [0.25, 0.3) is 5.91 Å². The average molecular weight is 604 g/mol. The normalized spacial score (nSPS) is 16.2. The molecule has 16 heteroatoms. The van der Waals surface area contributed by atoms with Gasteiger partial charge in [-0.1, -0.05) is 23.2 Å². The molecule has 0 bridgehead atoms. The Morgan fingerprint density at radius 2 is 1.73 bits per heavy atom. The van der Waals surface area contributed by atoms with E-state index < -0.39 is 47.0 Å². The fraction of sp³-hybridized carbons (Fsp3) is 0.200. The third-order valence-corrected chi connectivity index (χ3v) is 6.63. The van der Waals surface area contributed by atoms with Gasteiger partial charge in [0.1, 0.15) is 11.5 Å². The molecule has 1 fully saturated rings. The molecule has 0 radical (unpaired) electrons. The first-order valence-corrected chi connectivity index (χ1v) is 12.6. The Bertz CT molecular complexity index is 1490. The van der Waals surface area contributed by atoms with E-state index in [1.54, 1.807) is 26.0 Å². The van der Waals surface area contributed by atoms with Crippen LogP contribution < -0.4 is 15.6 Å². The minimum absolute atomic E-state index is 0.0196. The number of hydrogen-bond acceptors (Lipinski definition) is 8. The van der Waals surface area contributed by atoms with Gasteiger partial charge >= 0.3 is 17.9 Å². The second-order valence-electron chi connectivity index (χ2n) is 9.25. The topological polar surface area (TPSA) is 174 Å². The molecule has 3 N–H and O–H groups in total. The number of carbonyl (C=O) groups excluding carboxylic acids is 3. The molecule has 5 amide bonds. The van der Waals surface area contributed by atoms with Crippen molar-refractivity contribution in [3.05, 3.63) is 86.6 Å². The van der Waals surface area contributed by atoms with Crippen LogP contribution in [0.2, 0.25) is 10.0 Å². The number of nitro groups is 1. The third-order valence-electron chi connectivity index (χ3n) is 6.12. The van der Waals surface area contributed by atoms with Gasteiger partial charge in [0.15, 0.2) is 11.9 Å².